The molecule has 0 atom stereocenters. The number of hydrogen-bond acceptors (Lipinski definition) is 4. The van der Waals surface area contributed by atoms with Crippen molar-refractivity contribution in [3.05, 3.63) is 126 Å². The number of aromatic nitrogens is 1. The first-order valence-corrected chi connectivity index (χ1v) is 14.0. The maximum atomic E-state index is 10.4. The van der Waals surface area contributed by atoms with Crippen molar-refractivity contribution in [1.82, 2.24) is 4.57 Å². The molecule has 0 aliphatic rings. The number of furan rings is 2. The molecule has 3 aromatic heterocycles. The molecule has 0 aliphatic carbocycles. The SMILES string of the molecule is N#Cc1ccc2oc3ccc(-c4c(C#N)cccc4-n4c5ccccc5c5ccc6c7ccccc7oc6c54)cc3c2c1. The first kappa shape index (κ1) is 23.4. The highest BCUT2D eigenvalue weighted by Gasteiger charge is 2.22. The van der Waals surface area contributed by atoms with Crippen molar-refractivity contribution in [3.8, 4) is 29.0 Å². The molecule has 5 nitrogen and oxygen atoms in total. The Kier molecular flexibility index (Phi) is 4.68. The summed E-state index contributed by atoms with van der Waals surface area (Å²) in [7, 11) is 0. The van der Waals surface area contributed by atoms with Gasteiger partial charge in [0.1, 0.15) is 16.7 Å². The number of fused-ring (bicyclic) bond motifs is 10. The van der Waals surface area contributed by atoms with Crippen molar-refractivity contribution < 1.29 is 8.83 Å². The molecule has 0 N–H and O–H groups in total. The average Bonchev–Trinajstić information content (AvgIpc) is 3.73. The topological polar surface area (TPSA) is 78.8 Å². The molecule has 0 saturated heterocycles. The Hall–Kier alpha value is -6.30. The van der Waals surface area contributed by atoms with Crippen LogP contribution in [0.25, 0.3) is 82.5 Å². The third-order valence-corrected chi connectivity index (χ3v) is 8.47. The van der Waals surface area contributed by atoms with Crippen LogP contribution in [0.2, 0.25) is 0 Å². The van der Waals surface area contributed by atoms with Gasteiger partial charge in [0.2, 0.25) is 0 Å². The molecule has 0 unspecified atom stereocenters. The molecule has 0 radical (unpaired) electrons. The van der Waals surface area contributed by atoms with E-state index >= 15 is 0 Å². The monoisotopic (exact) mass is 549 g/mol. The number of hydrogen-bond donors (Lipinski definition) is 0. The molecule has 43 heavy (non-hydrogen) atoms. The minimum atomic E-state index is 0.560. The van der Waals surface area contributed by atoms with Gasteiger partial charge in [-0.1, -0.05) is 54.6 Å². The Labute approximate surface area is 244 Å². The minimum Gasteiger partial charge on any atom is -0.456 e. The van der Waals surface area contributed by atoms with Crippen molar-refractivity contribution in [1.29, 1.82) is 10.5 Å². The van der Waals surface area contributed by atoms with Gasteiger partial charge in [0, 0.05) is 37.9 Å². The van der Waals surface area contributed by atoms with E-state index in [1.165, 1.54) is 0 Å². The second-order valence-corrected chi connectivity index (χ2v) is 10.7. The Morgan fingerprint density at radius 1 is 0.535 bits per heavy atom. The maximum Gasteiger partial charge on any atom is 0.160 e. The number of nitriles is 2. The second-order valence-electron chi connectivity index (χ2n) is 10.7. The number of rotatable bonds is 2. The number of benzene rings is 6. The van der Waals surface area contributed by atoms with Crippen LogP contribution in [0.5, 0.6) is 0 Å². The standard InChI is InChI=1S/C38H19N3O2/c39-20-22-12-16-34-29(18-22)30-19-23(13-17-35(30)42-34)36-24(21-40)6-5-10-32(36)41-31-9-3-1-7-25(31)27-14-15-28-26-8-2-4-11-33(26)43-38(28)37(27)41/h1-19H. The molecule has 0 spiro atoms. The molecule has 0 aliphatic heterocycles. The van der Waals surface area contributed by atoms with Crippen LogP contribution >= 0.6 is 0 Å². The summed E-state index contributed by atoms with van der Waals surface area (Å²) in [6.07, 6.45) is 0. The minimum absolute atomic E-state index is 0.560. The third-order valence-electron chi connectivity index (χ3n) is 8.47. The van der Waals surface area contributed by atoms with Crippen LogP contribution < -0.4 is 0 Å². The highest BCUT2D eigenvalue weighted by atomic mass is 16.3. The molecule has 5 heteroatoms. The lowest BCUT2D eigenvalue weighted by Gasteiger charge is -2.15. The van der Waals surface area contributed by atoms with Crippen molar-refractivity contribution >= 4 is 65.7 Å². The fourth-order valence-corrected chi connectivity index (χ4v) is 6.61. The van der Waals surface area contributed by atoms with Crippen molar-refractivity contribution in [3.63, 3.8) is 0 Å². The zero-order valence-electron chi connectivity index (χ0n) is 22.6. The van der Waals surface area contributed by atoms with Crippen LogP contribution in [-0.2, 0) is 0 Å². The van der Waals surface area contributed by atoms with Crippen LogP contribution in [0.4, 0.5) is 0 Å². The lowest BCUT2D eigenvalue weighted by atomic mass is 9.96. The van der Waals surface area contributed by atoms with Crippen LogP contribution in [-0.4, -0.2) is 4.57 Å². The van der Waals surface area contributed by atoms with Gasteiger partial charge >= 0.3 is 0 Å². The zero-order valence-corrected chi connectivity index (χ0v) is 22.6. The summed E-state index contributed by atoms with van der Waals surface area (Å²) < 4.78 is 14.9. The van der Waals surface area contributed by atoms with Crippen molar-refractivity contribution in [2.24, 2.45) is 0 Å². The molecular formula is C38H19N3O2. The van der Waals surface area contributed by atoms with Crippen LogP contribution in [0, 0.1) is 22.7 Å². The van der Waals surface area contributed by atoms with Gasteiger partial charge in [-0.2, -0.15) is 10.5 Å². The fraction of sp³-hybridized carbons (Fsp3) is 0. The maximum absolute atomic E-state index is 10.4. The van der Waals surface area contributed by atoms with Crippen molar-refractivity contribution in [2.75, 3.05) is 0 Å². The summed E-state index contributed by atoms with van der Waals surface area (Å²) >= 11 is 0. The van der Waals surface area contributed by atoms with Gasteiger partial charge < -0.3 is 13.4 Å². The van der Waals surface area contributed by atoms with Crippen LogP contribution in [0.15, 0.2) is 124 Å². The molecule has 9 rings (SSSR count). The quantitative estimate of drug-likeness (QED) is 0.215. The average molecular weight is 550 g/mol. The summed E-state index contributed by atoms with van der Waals surface area (Å²) in [5.74, 6) is 0. The van der Waals surface area contributed by atoms with E-state index in [4.69, 9.17) is 8.83 Å². The highest BCUT2D eigenvalue weighted by molar-refractivity contribution is 6.21. The zero-order chi connectivity index (χ0) is 28.7. The molecule has 0 amide bonds. The summed E-state index contributed by atoms with van der Waals surface area (Å²) in [4.78, 5) is 0. The largest absolute Gasteiger partial charge is 0.456 e. The van der Waals surface area contributed by atoms with E-state index in [0.717, 1.165) is 82.5 Å². The van der Waals surface area contributed by atoms with E-state index in [2.05, 4.69) is 65.2 Å². The van der Waals surface area contributed by atoms with Crippen LogP contribution in [0.1, 0.15) is 11.1 Å². The summed E-state index contributed by atoms with van der Waals surface area (Å²) in [6, 6.07) is 42.7. The van der Waals surface area contributed by atoms with E-state index in [1.54, 1.807) is 6.07 Å². The summed E-state index contributed by atoms with van der Waals surface area (Å²) in [6.45, 7) is 0. The van der Waals surface area contributed by atoms with Gasteiger partial charge in [0.15, 0.2) is 5.58 Å². The second kappa shape index (κ2) is 8.60. The van der Waals surface area contributed by atoms with Gasteiger partial charge in [0.25, 0.3) is 0 Å². The Bertz CT molecular complexity index is 2710. The molecule has 9 aromatic rings. The normalized spacial score (nSPS) is 11.7. The van der Waals surface area contributed by atoms with Gasteiger partial charge in [-0.3, -0.25) is 0 Å². The lowest BCUT2D eigenvalue weighted by molar-refractivity contribution is 0.669. The number of nitrogens with zero attached hydrogens (tertiary/aromatic N) is 3. The van der Waals surface area contributed by atoms with E-state index in [0.29, 0.717) is 11.1 Å². The molecule has 0 fully saturated rings. The first-order valence-electron chi connectivity index (χ1n) is 14.0. The molecule has 3 heterocycles. The summed E-state index contributed by atoms with van der Waals surface area (Å²) in [5.41, 5.74) is 8.77. The van der Waals surface area contributed by atoms with Crippen LogP contribution in [0.3, 0.4) is 0 Å². The Morgan fingerprint density at radius 2 is 1.28 bits per heavy atom. The third kappa shape index (κ3) is 3.19. The van der Waals surface area contributed by atoms with E-state index < -0.39 is 0 Å². The Morgan fingerprint density at radius 3 is 2.14 bits per heavy atom. The fourth-order valence-electron chi connectivity index (χ4n) is 6.61. The smallest absolute Gasteiger partial charge is 0.160 e. The predicted octanol–water partition coefficient (Wildman–Crippen LogP) is 9.99. The van der Waals surface area contributed by atoms with E-state index in [9.17, 15) is 10.5 Å². The highest BCUT2D eigenvalue weighted by Crippen LogP contribution is 2.43. The molecule has 0 saturated carbocycles. The number of para-hydroxylation sites is 2. The van der Waals surface area contributed by atoms with Crippen molar-refractivity contribution in [2.45, 2.75) is 0 Å². The van der Waals surface area contributed by atoms with Gasteiger partial charge in [-0.25, -0.2) is 0 Å². The van der Waals surface area contributed by atoms with E-state index in [1.807, 2.05) is 60.7 Å². The van der Waals surface area contributed by atoms with E-state index in [-0.39, 0.29) is 0 Å². The lowest BCUT2D eigenvalue weighted by Crippen LogP contribution is -1.99. The molecular weight excluding hydrogens is 530 g/mol. The molecule has 6 aromatic carbocycles. The Balaban J connectivity index is 1.42. The first-order chi connectivity index (χ1) is 21.2. The predicted molar refractivity (Wildman–Crippen MR) is 170 cm³/mol. The van der Waals surface area contributed by atoms with Gasteiger partial charge in [-0.05, 0) is 66.2 Å². The summed E-state index contributed by atoms with van der Waals surface area (Å²) in [5, 5.41) is 26.0. The molecule has 0 bridgehead atoms. The van der Waals surface area contributed by atoms with Gasteiger partial charge in [-0.15, -0.1) is 0 Å². The van der Waals surface area contributed by atoms with Gasteiger partial charge in [0.05, 0.1) is 40.0 Å². The molecule has 198 valence electrons.